The molecule has 2 aliphatic heterocycles. The lowest BCUT2D eigenvalue weighted by Crippen LogP contribution is -2.51. The maximum absolute atomic E-state index is 15.4. The Morgan fingerprint density at radius 2 is 1.87 bits per heavy atom. The number of aromatic nitrogens is 2. The molecule has 0 bridgehead atoms. The van der Waals surface area contributed by atoms with E-state index >= 15 is 4.39 Å². The van der Waals surface area contributed by atoms with Gasteiger partial charge < -0.3 is 14.4 Å². The Balaban J connectivity index is 1.71. The molecule has 39 heavy (non-hydrogen) atoms. The van der Waals surface area contributed by atoms with Crippen molar-refractivity contribution in [2.75, 3.05) is 13.7 Å². The van der Waals surface area contributed by atoms with Crippen LogP contribution in [0.25, 0.3) is 0 Å². The number of methoxy groups -OCH3 is 1. The average Bonchev–Trinajstić information content (AvgIpc) is 3.40. The van der Waals surface area contributed by atoms with Gasteiger partial charge in [-0.05, 0) is 38.3 Å². The van der Waals surface area contributed by atoms with Crippen molar-refractivity contribution in [3.05, 3.63) is 93.4 Å². The summed E-state index contributed by atoms with van der Waals surface area (Å²) >= 11 is 0. The number of hydrogen-bond acceptors (Lipinski definition) is 6. The standard InChI is InChI=1S/C29H29F2N3O5/c1-29(2,38-3)15-22(36)39-27-21(35)16-32-34-25(20-13-8-14-33(20)28(37)26(27)34)23(17-9-5-4-6-10-17)18-11-7-12-19(30)24(18)31/h4-7,9-12,16,20,23,25H,8,13-15H2,1-3H3/t20-,23?,25-/m1/s1. The van der Waals surface area contributed by atoms with Crippen molar-refractivity contribution in [3.63, 3.8) is 0 Å². The number of fused-ring (bicyclic) bond motifs is 2. The first-order valence-electron chi connectivity index (χ1n) is 12.8. The summed E-state index contributed by atoms with van der Waals surface area (Å²) in [6.45, 7) is 3.79. The molecule has 1 aromatic heterocycles. The lowest BCUT2D eigenvalue weighted by atomic mass is 9.79. The molecular formula is C29H29F2N3O5. The molecule has 3 aromatic rings. The Bertz CT molecular complexity index is 1470. The van der Waals surface area contributed by atoms with Gasteiger partial charge in [-0.2, -0.15) is 5.10 Å². The normalized spacial score (nSPS) is 19.4. The molecule has 1 fully saturated rings. The van der Waals surface area contributed by atoms with Gasteiger partial charge in [-0.15, -0.1) is 0 Å². The molecule has 2 aliphatic rings. The van der Waals surface area contributed by atoms with Gasteiger partial charge in [0.05, 0.1) is 30.3 Å². The molecule has 204 valence electrons. The van der Waals surface area contributed by atoms with E-state index in [1.165, 1.54) is 23.9 Å². The first-order chi connectivity index (χ1) is 18.6. The Hall–Kier alpha value is -3.92. The van der Waals surface area contributed by atoms with Gasteiger partial charge in [0.15, 0.2) is 17.3 Å². The summed E-state index contributed by atoms with van der Waals surface area (Å²) in [6, 6.07) is 11.9. The highest BCUT2D eigenvalue weighted by Gasteiger charge is 2.49. The topological polar surface area (TPSA) is 90.7 Å². The van der Waals surface area contributed by atoms with Crippen LogP contribution in [-0.4, -0.2) is 51.9 Å². The van der Waals surface area contributed by atoms with E-state index < -0.39 is 58.3 Å². The first kappa shape index (κ1) is 26.7. The van der Waals surface area contributed by atoms with Crippen LogP contribution in [0.5, 0.6) is 5.75 Å². The number of carbonyl (C=O) groups is 2. The summed E-state index contributed by atoms with van der Waals surface area (Å²) in [6.07, 6.45) is 2.09. The predicted octanol–water partition coefficient (Wildman–Crippen LogP) is 4.23. The van der Waals surface area contributed by atoms with E-state index in [2.05, 4.69) is 5.10 Å². The summed E-state index contributed by atoms with van der Waals surface area (Å²) in [5.41, 5.74) is -1.01. The van der Waals surface area contributed by atoms with Crippen molar-refractivity contribution < 1.29 is 27.8 Å². The summed E-state index contributed by atoms with van der Waals surface area (Å²) < 4.78 is 42.0. The smallest absolute Gasteiger partial charge is 0.314 e. The highest BCUT2D eigenvalue weighted by molar-refractivity contribution is 5.97. The third kappa shape index (κ3) is 4.85. The minimum atomic E-state index is -0.996. The molecule has 3 heterocycles. The Kier molecular flexibility index (Phi) is 7.07. The van der Waals surface area contributed by atoms with E-state index in [0.717, 1.165) is 12.3 Å². The van der Waals surface area contributed by atoms with E-state index in [1.807, 2.05) is 6.07 Å². The van der Waals surface area contributed by atoms with Gasteiger partial charge in [0, 0.05) is 25.1 Å². The molecule has 2 aromatic carbocycles. The minimum Gasteiger partial charge on any atom is -0.420 e. The number of carbonyl (C=O) groups excluding carboxylic acids is 2. The zero-order valence-electron chi connectivity index (χ0n) is 21.9. The van der Waals surface area contributed by atoms with Crippen LogP contribution < -0.4 is 10.2 Å². The maximum atomic E-state index is 15.4. The lowest BCUT2D eigenvalue weighted by Gasteiger charge is -2.42. The fourth-order valence-corrected chi connectivity index (χ4v) is 5.59. The molecule has 0 N–H and O–H groups in total. The van der Waals surface area contributed by atoms with E-state index in [1.54, 1.807) is 43.0 Å². The zero-order chi connectivity index (χ0) is 27.9. The molecule has 1 amide bonds. The highest BCUT2D eigenvalue weighted by atomic mass is 19.2. The molecule has 0 aliphatic carbocycles. The minimum absolute atomic E-state index is 0.0965. The molecule has 10 heteroatoms. The Morgan fingerprint density at radius 3 is 2.59 bits per heavy atom. The van der Waals surface area contributed by atoms with Crippen molar-refractivity contribution in [2.24, 2.45) is 0 Å². The molecule has 0 radical (unpaired) electrons. The van der Waals surface area contributed by atoms with Crippen molar-refractivity contribution in [1.82, 2.24) is 14.7 Å². The first-order valence-corrected chi connectivity index (χ1v) is 12.8. The highest BCUT2D eigenvalue weighted by Crippen LogP contribution is 2.46. The van der Waals surface area contributed by atoms with Crippen molar-refractivity contribution in [1.29, 1.82) is 0 Å². The number of nitrogens with zero attached hydrogens (tertiary/aromatic N) is 3. The van der Waals surface area contributed by atoms with E-state index in [4.69, 9.17) is 9.47 Å². The molecule has 0 saturated carbocycles. The summed E-state index contributed by atoms with van der Waals surface area (Å²) in [5, 5.41) is 4.32. The van der Waals surface area contributed by atoms with Gasteiger partial charge in [-0.1, -0.05) is 42.5 Å². The third-order valence-electron chi connectivity index (χ3n) is 7.56. The largest absolute Gasteiger partial charge is 0.420 e. The maximum Gasteiger partial charge on any atom is 0.314 e. The fraction of sp³-hybridized carbons (Fsp3) is 0.379. The van der Waals surface area contributed by atoms with Gasteiger partial charge in [-0.3, -0.25) is 14.4 Å². The number of amides is 1. The Labute approximate surface area is 224 Å². The quantitative estimate of drug-likeness (QED) is 0.419. The SMILES string of the molecule is COC(C)(C)CC(=O)Oc1c2n(ncc1=O)[C@@H](C(c1ccccc1)c1cccc(F)c1F)[C@H]1CCCN1C2=O. The molecule has 0 spiro atoms. The van der Waals surface area contributed by atoms with E-state index in [0.29, 0.717) is 24.9 Å². The van der Waals surface area contributed by atoms with Crippen LogP contribution in [0.4, 0.5) is 8.78 Å². The molecule has 3 atom stereocenters. The van der Waals surface area contributed by atoms with Gasteiger partial charge in [0.2, 0.25) is 11.2 Å². The van der Waals surface area contributed by atoms with E-state index in [-0.39, 0.29) is 17.7 Å². The third-order valence-corrected chi connectivity index (χ3v) is 7.56. The van der Waals surface area contributed by atoms with Crippen LogP contribution in [0, 0.1) is 11.6 Å². The molecule has 1 unspecified atom stereocenters. The number of halogens is 2. The van der Waals surface area contributed by atoms with Crippen molar-refractivity contribution in [3.8, 4) is 5.75 Å². The molecule has 5 rings (SSSR count). The predicted molar refractivity (Wildman–Crippen MR) is 138 cm³/mol. The second kappa shape index (κ2) is 10.3. The number of ether oxygens (including phenoxy) is 2. The second-order valence-corrected chi connectivity index (χ2v) is 10.5. The second-order valence-electron chi connectivity index (χ2n) is 10.5. The molecule has 8 nitrogen and oxygen atoms in total. The van der Waals surface area contributed by atoms with Crippen LogP contribution >= 0.6 is 0 Å². The van der Waals surface area contributed by atoms with Gasteiger partial charge >= 0.3 is 5.97 Å². The number of benzene rings is 2. The summed E-state index contributed by atoms with van der Waals surface area (Å²) in [4.78, 5) is 41.1. The van der Waals surface area contributed by atoms with Crippen LogP contribution in [0.2, 0.25) is 0 Å². The van der Waals surface area contributed by atoms with Crippen LogP contribution in [0.3, 0.4) is 0 Å². The average molecular weight is 538 g/mol. The van der Waals surface area contributed by atoms with Crippen LogP contribution in [0.1, 0.15) is 66.7 Å². The Morgan fingerprint density at radius 1 is 1.13 bits per heavy atom. The van der Waals surface area contributed by atoms with Gasteiger partial charge in [0.25, 0.3) is 5.91 Å². The monoisotopic (exact) mass is 537 g/mol. The molecule has 1 saturated heterocycles. The van der Waals surface area contributed by atoms with Gasteiger partial charge in [0.1, 0.15) is 0 Å². The van der Waals surface area contributed by atoms with E-state index in [9.17, 15) is 18.8 Å². The van der Waals surface area contributed by atoms with Crippen molar-refractivity contribution in [2.45, 2.75) is 56.7 Å². The number of rotatable bonds is 7. The molecular weight excluding hydrogens is 508 g/mol. The summed E-state index contributed by atoms with van der Waals surface area (Å²) in [7, 11) is 1.45. The van der Waals surface area contributed by atoms with Crippen LogP contribution in [0.15, 0.2) is 59.5 Å². The van der Waals surface area contributed by atoms with Gasteiger partial charge in [-0.25, -0.2) is 13.5 Å². The van der Waals surface area contributed by atoms with Crippen molar-refractivity contribution >= 4 is 11.9 Å². The number of hydrogen-bond donors (Lipinski definition) is 0. The lowest BCUT2D eigenvalue weighted by molar-refractivity contribution is -0.139. The summed E-state index contributed by atoms with van der Waals surface area (Å²) in [5.74, 6) is -4.45. The number of esters is 1. The zero-order valence-corrected chi connectivity index (χ0v) is 21.9. The fourth-order valence-electron chi connectivity index (χ4n) is 5.59. The van der Waals surface area contributed by atoms with Crippen LogP contribution in [-0.2, 0) is 9.53 Å².